The molecule has 3 heteroatoms. The quantitative estimate of drug-likeness (QED) is 0.269. The lowest BCUT2D eigenvalue weighted by Crippen LogP contribution is -2.02. The fourth-order valence-corrected chi connectivity index (χ4v) is 6.02. The van der Waals surface area contributed by atoms with Crippen LogP contribution in [0, 0.1) is 33.6 Å². The second-order valence-electron chi connectivity index (χ2n) is 10.5. The average molecular weight is 461 g/mol. The van der Waals surface area contributed by atoms with Gasteiger partial charge >= 0.3 is 0 Å². The molecule has 0 amide bonds. The first-order valence-corrected chi connectivity index (χ1v) is 12.8. The van der Waals surface area contributed by atoms with Crippen molar-refractivity contribution in [3.63, 3.8) is 0 Å². The van der Waals surface area contributed by atoms with Gasteiger partial charge in [-0.2, -0.15) is 0 Å². The molecular weight excluding hydrogens is 428 g/mol. The normalized spacial score (nSPS) is 14.4. The number of pyridine rings is 2. The van der Waals surface area contributed by atoms with E-state index in [0.29, 0.717) is 5.71 Å². The molecule has 3 heterocycles. The van der Waals surface area contributed by atoms with Crippen LogP contribution in [0.4, 0.5) is 0 Å². The molecule has 0 atom stereocenters. The largest absolute Gasteiger partial charge is 0.438 e. The van der Waals surface area contributed by atoms with Crippen LogP contribution in [-0.4, -0.2) is 9.97 Å². The number of hydrogen-bond acceptors (Lipinski definition) is 3. The zero-order valence-corrected chi connectivity index (χ0v) is 21.1. The van der Waals surface area contributed by atoms with Crippen molar-refractivity contribution in [1.29, 1.82) is 0 Å². The van der Waals surface area contributed by atoms with Crippen LogP contribution in [0.2, 0.25) is 0 Å². The van der Waals surface area contributed by atoms with Crippen LogP contribution in [0.5, 0.6) is 0 Å². The Morgan fingerprint density at radius 1 is 0.800 bits per heavy atom. The topological polar surface area (TPSA) is 38.9 Å². The minimum atomic E-state index is 0.685. The number of furan rings is 1. The molecule has 0 N–H and O–H groups in total. The summed E-state index contributed by atoms with van der Waals surface area (Å²) in [5.74, 6) is 0.833. The Kier molecular flexibility index (Phi) is 5.44. The SMILES string of the molecule is Cc1cc(C)c(-c2ccc3c(n2)oc2ccc(-c4cc(C)c(CC5CCCC5)cn4)cc23)c(C)c1. The third-order valence-corrected chi connectivity index (χ3v) is 7.77. The summed E-state index contributed by atoms with van der Waals surface area (Å²) in [6.45, 7) is 8.67. The summed E-state index contributed by atoms with van der Waals surface area (Å²) < 4.78 is 6.19. The van der Waals surface area contributed by atoms with E-state index >= 15 is 0 Å². The highest BCUT2D eigenvalue weighted by Crippen LogP contribution is 2.35. The molecule has 0 spiro atoms. The fraction of sp³-hybridized carbons (Fsp3) is 0.312. The Balaban J connectivity index is 1.37. The molecule has 3 nitrogen and oxygen atoms in total. The summed E-state index contributed by atoms with van der Waals surface area (Å²) in [5, 5.41) is 2.13. The van der Waals surface area contributed by atoms with Crippen molar-refractivity contribution in [2.24, 2.45) is 5.92 Å². The number of hydrogen-bond donors (Lipinski definition) is 0. The van der Waals surface area contributed by atoms with Crippen molar-refractivity contribution < 1.29 is 4.42 Å². The van der Waals surface area contributed by atoms with E-state index in [9.17, 15) is 0 Å². The van der Waals surface area contributed by atoms with Crippen LogP contribution < -0.4 is 0 Å². The molecule has 1 fully saturated rings. The summed E-state index contributed by atoms with van der Waals surface area (Å²) in [5.41, 5.74) is 12.3. The van der Waals surface area contributed by atoms with Crippen LogP contribution in [-0.2, 0) is 6.42 Å². The van der Waals surface area contributed by atoms with Gasteiger partial charge in [0.2, 0.25) is 5.71 Å². The van der Waals surface area contributed by atoms with Crippen LogP contribution in [0.25, 0.3) is 44.6 Å². The Morgan fingerprint density at radius 2 is 1.57 bits per heavy atom. The molecule has 1 aliphatic rings. The summed E-state index contributed by atoms with van der Waals surface area (Å²) in [6, 6.07) is 17.3. The fourth-order valence-electron chi connectivity index (χ4n) is 6.02. The first kappa shape index (κ1) is 22.0. The molecule has 0 radical (unpaired) electrons. The monoisotopic (exact) mass is 460 g/mol. The van der Waals surface area contributed by atoms with Crippen LogP contribution in [0.3, 0.4) is 0 Å². The predicted octanol–water partition coefficient (Wildman–Crippen LogP) is 8.68. The molecule has 0 aliphatic heterocycles. The standard InChI is InChI=1S/C32H32N2O/c1-19-13-21(3)31(22(4)14-19)28-11-10-26-27-17-24(9-12-30(27)35-32(26)34-28)29-15-20(2)25(18-33-29)16-23-7-5-6-8-23/h9-15,17-18,23H,5-8,16H2,1-4H3. The summed E-state index contributed by atoms with van der Waals surface area (Å²) in [4.78, 5) is 9.79. The maximum absolute atomic E-state index is 6.19. The lowest BCUT2D eigenvalue weighted by molar-refractivity contribution is 0.544. The first-order valence-electron chi connectivity index (χ1n) is 12.8. The number of rotatable bonds is 4. The maximum atomic E-state index is 6.19. The molecule has 3 aromatic heterocycles. The van der Waals surface area contributed by atoms with Gasteiger partial charge in [-0.25, -0.2) is 4.98 Å². The van der Waals surface area contributed by atoms with Gasteiger partial charge < -0.3 is 4.42 Å². The summed E-state index contributed by atoms with van der Waals surface area (Å²) in [7, 11) is 0. The van der Waals surface area contributed by atoms with Gasteiger partial charge in [0.05, 0.1) is 11.4 Å². The summed E-state index contributed by atoms with van der Waals surface area (Å²) >= 11 is 0. The highest BCUT2D eigenvalue weighted by atomic mass is 16.3. The molecular formula is C32H32N2O. The molecule has 176 valence electrons. The Morgan fingerprint density at radius 3 is 2.31 bits per heavy atom. The van der Waals surface area contributed by atoms with Crippen LogP contribution >= 0.6 is 0 Å². The zero-order chi connectivity index (χ0) is 24.1. The van der Waals surface area contributed by atoms with E-state index in [4.69, 9.17) is 14.4 Å². The second kappa shape index (κ2) is 8.64. The molecule has 1 saturated carbocycles. The predicted molar refractivity (Wildman–Crippen MR) is 145 cm³/mol. The Hall–Kier alpha value is -3.46. The van der Waals surface area contributed by atoms with Gasteiger partial charge in [-0.05, 0) is 98.7 Å². The van der Waals surface area contributed by atoms with Crippen LogP contribution in [0.15, 0.2) is 59.1 Å². The first-order chi connectivity index (χ1) is 17.0. The van der Waals surface area contributed by atoms with Gasteiger partial charge in [-0.15, -0.1) is 0 Å². The van der Waals surface area contributed by atoms with E-state index < -0.39 is 0 Å². The molecule has 35 heavy (non-hydrogen) atoms. The van der Waals surface area contributed by atoms with E-state index in [1.54, 1.807) is 0 Å². The van der Waals surface area contributed by atoms with E-state index in [2.05, 4.69) is 82.4 Å². The molecule has 1 aliphatic carbocycles. The lowest BCUT2D eigenvalue weighted by atomic mass is 9.95. The van der Waals surface area contributed by atoms with Crippen molar-refractivity contribution in [2.75, 3.05) is 0 Å². The number of fused-ring (bicyclic) bond motifs is 3. The third-order valence-electron chi connectivity index (χ3n) is 7.77. The van der Waals surface area contributed by atoms with Crippen molar-refractivity contribution in [3.05, 3.63) is 82.5 Å². The summed E-state index contributed by atoms with van der Waals surface area (Å²) in [6.07, 6.45) is 8.76. The molecule has 5 aromatic rings. The van der Waals surface area contributed by atoms with Crippen LogP contribution in [0.1, 0.15) is 53.5 Å². The van der Waals surface area contributed by atoms with Gasteiger partial charge in [-0.1, -0.05) is 43.4 Å². The van der Waals surface area contributed by atoms with E-state index in [1.165, 1.54) is 65.5 Å². The van der Waals surface area contributed by atoms with Crippen molar-refractivity contribution in [1.82, 2.24) is 9.97 Å². The molecule has 0 unspecified atom stereocenters. The van der Waals surface area contributed by atoms with Crippen molar-refractivity contribution in [3.8, 4) is 22.5 Å². The van der Waals surface area contributed by atoms with Gasteiger partial charge in [0.1, 0.15) is 5.58 Å². The molecule has 0 saturated heterocycles. The molecule has 6 rings (SSSR count). The number of nitrogens with zero attached hydrogens (tertiary/aromatic N) is 2. The van der Waals surface area contributed by atoms with Crippen molar-refractivity contribution >= 4 is 22.1 Å². The zero-order valence-electron chi connectivity index (χ0n) is 21.1. The van der Waals surface area contributed by atoms with E-state index in [0.717, 1.165) is 39.2 Å². The number of benzene rings is 2. The van der Waals surface area contributed by atoms with E-state index in [1.807, 2.05) is 0 Å². The third kappa shape index (κ3) is 4.03. The van der Waals surface area contributed by atoms with Gasteiger partial charge in [-0.3, -0.25) is 4.98 Å². The van der Waals surface area contributed by atoms with E-state index in [-0.39, 0.29) is 0 Å². The maximum Gasteiger partial charge on any atom is 0.227 e. The average Bonchev–Trinajstić information content (AvgIpc) is 3.46. The Bertz CT molecular complexity index is 1550. The van der Waals surface area contributed by atoms with Gasteiger partial charge in [0, 0.05) is 28.1 Å². The van der Waals surface area contributed by atoms with Crippen molar-refractivity contribution in [2.45, 2.75) is 59.8 Å². The van der Waals surface area contributed by atoms with Gasteiger partial charge in [0.15, 0.2) is 0 Å². The molecule has 0 bridgehead atoms. The lowest BCUT2D eigenvalue weighted by Gasteiger charge is -2.12. The van der Waals surface area contributed by atoms with Gasteiger partial charge in [0.25, 0.3) is 0 Å². The number of aryl methyl sites for hydroxylation is 4. The smallest absolute Gasteiger partial charge is 0.227 e. The second-order valence-corrected chi connectivity index (χ2v) is 10.5. The highest BCUT2D eigenvalue weighted by molar-refractivity contribution is 6.05. The number of aromatic nitrogens is 2. The Labute approximate surface area is 207 Å². The minimum absolute atomic E-state index is 0.685. The highest BCUT2D eigenvalue weighted by Gasteiger charge is 2.18. The molecule has 2 aromatic carbocycles. The minimum Gasteiger partial charge on any atom is -0.438 e.